The molecular formula is C13H16Br2N2OS. The van der Waals surface area contributed by atoms with Gasteiger partial charge >= 0.3 is 0 Å². The Morgan fingerprint density at radius 2 is 1.95 bits per heavy atom. The van der Waals surface area contributed by atoms with E-state index >= 15 is 0 Å². The largest absolute Gasteiger partial charge is 0.392 e. The summed E-state index contributed by atoms with van der Waals surface area (Å²) < 4.78 is 1.74. The second-order valence-electron chi connectivity index (χ2n) is 4.23. The van der Waals surface area contributed by atoms with Crippen LogP contribution < -0.4 is 11.1 Å². The van der Waals surface area contributed by atoms with E-state index in [1.165, 1.54) is 0 Å². The van der Waals surface area contributed by atoms with E-state index in [9.17, 15) is 4.79 Å². The number of halogens is 2. The molecule has 0 saturated heterocycles. The molecule has 3 N–H and O–H groups in total. The van der Waals surface area contributed by atoms with E-state index in [0.29, 0.717) is 18.5 Å². The van der Waals surface area contributed by atoms with Gasteiger partial charge < -0.3 is 11.1 Å². The predicted molar refractivity (Wildman–Crippen MR) is 90.3 cm³/mol. The van der Waals surface area contributed by atoms with Gasteiger partial charge in [0.15, 0.2) is 0 Å². The minimum atomic E-state index is -0.790. The molecule has 1 aromatic rings. The topological polar surface area (TPSA) is 55.1 Å². The third-order valence-corrected chi connectivity index (χ3v) is 4.83. The van der Waals surface area contributed by atoms with Crippen molar-refractivity contribution in [3.05, 3.63) is 27.1 Å². The summed E-state index contributed by atoms with van der Waals surface area (Å²) in [6.45, 7) is 3.83. The molecule has 0 bridgehead atoms. The normalized spacial score (nSPS) is 11.2. The van der Waals surface area contributed by atoms with Crippen molar-refractivity contribution in [2.24, 2.45) is 11.1 Å². The molecule has 104 valence electrons. The molecule has 0 saturated carbocycles. The number of thiocarbonyl (C=S) groups is 1. The second-order valence-corrected chi connectivity index (χ2v) is 6.44. The number of carbonyl (C=O) groups is 1. The molecule has 0 heterocycles. The summed E-state index contributed by atoms with van der Waals surface area (Å²) in [5.74, 6) is -0.159. The number of nitrogens with one attached hydrogen (secondary N) is 1. The summed E-state index contributed by atoms with van der Waals surface area (Å²) in [7, 11) is 0. The number of benzene rings is 1. The van der Waals surface area contributed by atoms with Gasteiger partial charge in [-0.05, 0) is 47.0 Å². The number of hydrogen-bond acceptors (Lipinski definition) is 2. The summed E-state index contributed by atoms with van der Waals surface area (Å²) in [5, 5.41) is 2.89. The van der Waals surface area contributed by atoms with Crippen molar-refractivity contribution in [3.63, 3.8) is 0 Å². The highest BCUT2D eigenvalue weighted by Crippen LogP contribution is 2.31. The highest BCUT2D eigenvalue weighted by atomic mass is 79.9. The van der Waals surface area contributed by atoms with Gasteiger partial charge in [0.05, 0.1) is 16.1 Å². The SMILES string of the molecule is CCC(CC)(C(=O)Nc1ccc(Br)cc1Br)C(N)=S. The molecule has 1 amide bonds. The standard InChI is InChI=1S/C13H16Br2N2OS/c1-3-13(4-2,11(16)19)12(18)17-10-6-5-8(14)7-9(10)15/h5-7H,3-4H2,1-2H3,(H2,16,19)(H,17,18). The van der Waals surface area contributed by atoms with E-state index in [-0.39, 0.29) is 10.9 Å². The fourth-order valence-corrected chi connectivity index (χ4v) is 3.39. The monoisotopic (exact) mass is 406 g/mol. The van der Waals surface area contributed by atoms with Crippen molar-refractivity contribution in [1.29, 1.82) is 0 Å². The number of nitrogens with two attached hydrogens (primary N) is 1. The molecule has 0 fully saturated rings. The van der Waals surface area contributed by atoms with Crippen molar-refractivity contribution in [2.75, 3.05) is 5.32 Å². The van der Waals surface area contributed by atoms with Gasteiger partial charge in [0.2, 0.25) is 5.91 Å². The Morgan fingerprint density at radius 3 is 2.37 bits per heavy atom. The second kappa shape index (κ2) is 6.81. The lowest BCUT2D eigenvalue weighted by molar-refractivity contribution is -0.122. The minimum Gasteiger partial charge on any atom is -0.392 e. The third kappa shape index (κ3) is 3.55. The quantitative estimate of drug-likeness (QED) is 0.717. The van der Waals surface area contributed by atoms with Gasteiger partial charge in [-0.15, -0.1) is 0 Å². The predicted octanol–water partition coefficient (Wildman–Crippen LogP) is 4.24. The number of hydrogen-bond donors (Lipinski definition) is 2. The molecular weight excluding hydrogens is 392 g/mol. The smallest absolute Gasteiger partial charge is 0.237 e. The van der Waals surface area contributed by atoms with Gasteiger partial charge in [0.1, 0.15) is 0 Å². The van der Waals surface area contributed by atoms with Crippen LogP contribution in [0.4, 0.5) is 5.69 Å². The first-order valence-corrected chi connectivity index (χ1v) is 7.93. The minimum absolute atomic E-state index is 0.159. The van der Waals surface area contributed by atoms with Crippen LogP contribution in [0.2, 0.25) is 0 Å². The molecule has 0 aliphatic heterocycles. The summed E-state index contributed by atoms with van der Waals surface area (Å²) in [6.07, 6.45) is 1.16. The van der Waals surface area contributed by atoms with E-state index < -0.39 is 5.41 Å². The van der Waals surface area contributed by atoms with Crippen LogP contribution in [0.1, 0.15) is 26.7 Å². The first-order chi connectivity index (χ1) is 8.87. The summed E-state index contributed by atoms with van der Waals surface area (Å²) in [4.78, 5) is 12.7. The van der Waals surface area contributed by atoms with Crippen LogP contribution in [0.3, 0.4) is 0 Å². The Morgan fingerprint density at radius 1 is 1.37 bits per heavy atom. The average Bonchev–Trinajstić information content (AvgIpc) is 2.34. The van der Waals surface area contributed by atoms with Crippen molar-refractivity contribution >= 4 is 60.7 Å². The van der Waals surface area contributed by atoms with Crippen LogP contribution in [0.5, 0.6) is 0 Å². The Labute approximate surface area is 135 Å². The van der Waals surface area contributed by atoms with Gasteiger partial charge in [-0.3, -0.25) is 4.79 Å². The van der Waals surface area contributed by atoms with Gasteiger partial charge in [-0.1, -0.05) is 42.0 Å². The lowest BCUT2D eigenvalue weighted by atomic mass is 9.81. The van der Waals surface area contributed by atoms with Crippen LogP contribution in [-0.4, -0.2) is 10.9 Å². The summed E-state index contributed by atoms with van der Waals surface area (Å²) in [6, 6.07) is 5.55. The number of carbonyl (C=O) groups excluding carboxylic acids is 1. The Kier molecular flexibility index (Phi) is 5.95. The van der Waals surface area contributed by atoms with Crippen LogP contribution in [0, 0.1) is 5.41 Å². The Bertz CT molecular complexity index is 501. The van der Waals surface area contributed by atoms with Gasteiger partial charge in [-0.2, -0.15) is 0 Å². The zero-order valence-corrected chi connectivity index (χ0v) is 14.8. The van der Waals surface area contributed by atoms with Gasteiger partial charge in [0.25, 0.3) is 0 Å². The highest BCUT2D eigenvalue weighted by molar-refractivity contribution is 9.11. The molecule has 0 aliphatic rings. The number of rotatable bonds is 5. The fourth-order valence-electron chi connectivity index (χ4n) is 1.86. The average molecular weight is 408 g/mol. The van der Waals surface area contributed by atoms with Crippen LogP contribution in [0.15, 0.2) is 27.1 Å². The van der Waals surface area contributed by atoms with E-state index in [0.717, 1.165) is 8.95 Å². The lowest BCUT2D eigenvalue weighted by Gasteiger charge is -2.29. The molecule has 0 aliphatic carbocycles. The fraction of sp³-hybridized carbons (Fsp3) is 0.385. The van der Waals surface area contributed by atoms with Crippen molar-refractivity contribution in [3.8, 4) is 0 Å². The van der Waals surface area contributed by atoms with E-state index in [1.54, 1.807) is 0 Å². The van der Waals surface area contributed by atoms with Gasteiger partial charge in [0, 0.05) is 8.95 Å². The maximum atomic E-state index is 12.5. The van der Waals surface area contributed by atoms with E-state index in [4.69, 9.17) is 18.0 Å². The Hall–Kier alpha value is -0.460. The highest BCUT2D eigenvalue weighted by Gasteiger charge is 2.38. The van der Waals surface area contributed by atoms with Gasteiger partial charge in [-0.25, -0.2) is 0 Å². The Balaban J connectivity index is 3.03. The van der Waals surface area contributed by atoms with Crippen molar-refractivity contribution in [2.45, 2.75) is 26.7 Å². The maximum absolute atomic E-state index is 12.5. The van der Waals surface area contributed by atoms with E-state index in [1.807, 2.05) is 32.0 Å². The zero-order valence-electron chi connectivity index (χ0n) is 10.8. The number of anilines is 1. The molecule has 3 nitrogen and oxygen atoms in total. The maximum Gasteiger partial charge on any atom is 0.237 e. The molecule has 0 atom stereocenters. The van der Waals surface area contributed by atoms with Crippen LogP contribution in [-0.2, 0) is 4.79 Å². The summed E-state index contributed by atoms with van der Waals surface area (Å²) in [5.41, 5.74) is 5.68. The molecule has 0 unspecified atom stereocenters. The van der Waals surface area contributed by atoms with E-state index in [2.05, 4.69) is 37.2 Å². The molecule has 6 heteroatoms. The molecule has 0 radical (unpaired) electrons. The molecule has 0 aromatic heterocycles. The first kappa shape index (κ1) is 16.6. The molecule has 19 heavy (non-hydrogen) atoms. The van der Waals surface area contributed by atoms with Crippen molar-refractivity contribution < 1.29 is 4.79 Å². The molecule has 1 rings (SSSR count). The van der Waals surface area contributed by atoms with Crippen molar-refractivity contribution in [1.82, 2.24) is 0 Å². The molecule has 0 spiro atoms. The lowest BCUT2D eigenvalue weighted by Crippen LogP contribution is -2.45. The third-order valence-electron chi connectivity index (χ3n) is 3.29. The molecule has 1 aromatic carbocycles. The van der Waals surface area contributed by atoms with Crippen LogP contribution in [0.25, 0.3) is 0 Å². The first-order valence-electron chi connectivity index (χ1n) is 5.93. The number of amides is 1. The van der Waals surface area contributed by atoms with Crippen LogP contribution >= 0.6 is 44.1 Å². The summed E-state index contributed by atoms with van der Waals surface area (Å²) >= 11 is 11.9. The zero-order chi connectivity index (χ0) is 14.6.